The van der Waals surface area contributed by atoms with Crippen LogP contribution in [0.3, 0.4) is 0 Å². The summed E-state index contributed by atoms with van der Waals surface area (Å²) in [5.41, 5.74) is 0. The van der Waals surface area contributed by atoms with E-state index in [1.807, 2.05) is 0 Å². The highest BCUT2D eigenvalue weighted by Gasteiger charge is 2.63. The predicted molar refractivity (Wildman–Crippen MR) is 93.8 cm³/mol. The van der Waals surface area contributed by atoms with Gasteiger partial charge in [0.25, 0.3) is 30.1 Å². The van der Waals surface area contributed by atoms with Crippen molar-refractivity contribution in [1.29, 1.82) is 0 Å². The van der Waals surface area contributed by atoms with Gasteiger partial charge in [-0.2, -0.15) is 12.9 Å². The van der Waals surface area contributed by atoms with E-state index in [2.05, 4.69) is 0 Å². The van der Waals surface area contributed by atoms with Crippen molar-refractivity contribution < 1.29 is 54.0 Å². The second kappa shape index (κ2) is 7.16. The van der Waals surface area contributed by atoms with Crippen molar-refractivity contribution in [3.63, 3.8) is 0 Å². The van der Waals surface area contributed by atoms with E-state index in [9.17, 15) is 54.0 Å². The molecule has 170 valence electrons. The lowest BCUT2D eigenvalue weighted by Gasteiger charge is -2.27. The molecule has 0 aromatic rings. The first-order valence-corrected chi connectivity index (χ1v) is 13.0. The fourth-order valence-corrected chi connectivity index (χ4v) is 11.2. The molecule has 0 radical (unpaired) electrons. The van der Waals surface area contributed by atoms with Gasteiger partial charge >= 0.3 is 3.91 Å². The van der Waals surface area contributed by atoms with Gasteiger partial charge in [0.15, 0.2) is 0 Å². The van der Waals surface area contributed by atoms with Gasteiger partial charge in [-0.05, 0) is 0 Å². The topological polar surface area (TPSA) is 215 Å². The maximum atomic E-state index is 13.0. The molecule has 18 heteroatoms. The highest BCUT2D eigenvalue weighted by molar-refractivity contribution is 8.23. The highest BCUT2D eigenvalue weighted by Crippen LogP contribution is 2.33. The zero-order valence-corrected chi connectivity index (χ0v) is 17.7. The molecule has 3 fully saturated rings. The molecular formula is C13H13N3O12S3. The minimum atomic E-state index is -6.02. The van der Waals surface area contributed by atoms with E-state index < -0.39 is 121 Å². The lowest BCUT2D eigenvalue weighted by atomic mass is 10.4. The van der Waals surface area contributed by atoms with Crippen molar-refractivity contribution in [2.24, 2.45) is 0 Å². The molecule has 0 N–H and O–H groups in total. The molecule has 0 saturated carbocycles. The first-order chi connectivity index (χ1) is 14.1. The first kappa shape index (κ1) is 22.9. The molecule has 0 aliphatic carbocycles. The lowest BCUT2D eigenvalue weighted by Crippen LogP contribution is -2.57. The quantitative estimate of drug-likeness (QED) is 0.329. The van der Waals surface area contributed by atoms with Gasteiger partial charge in [0.2, 0.25) is 35.4 Å². The number of hydrogen-bond donors (Lipinski definition) is 0. The number of imide groups is 3. The number of rotatable bonds is 6. The first-order valence-electron chi connectivity index (χ1n) is 8.44. The molecule has 0 unspecified atom stereocenters. The molecule has 3 saturated heterocycles. The number of amides is 6. The van der Waals surface area contributed by atoms with Crippen molar-refractivity contribution >= 4 is 65.5 Å². The summed E-state index contributed by atoms with van der Waals surface area (Å²) >= 11 is 0. The Morgan fingerprint density at radius 1 is 0.419 bits per heavy atom. The zero-order chi connectivity index (χ0) is 23.5. The monoisotopic (exact) mass is 499 g/mol. The third kappa shape index (κ3) is 3.33. The third-order valence-corrected chi connectivity index (χ3v) is 13.1. The Balaban J connectivity index is 2.30. The van der Waals surface area contributed by atoms with E-state index in [4.69, 9.17) is 0 Å². The maximum absolute atomic E-state index is 13.0. The van der Waals surface area contributed by atoms with Crippen molar-refractivity contribution in [3.05, 3.63) is 0 Å². The Bertz CT molecular complexity index is 1060. The molecule has 31 heavy (non-hydrogen) atoms. The number of carbonyl (C=O) groups excluding carboxylic acids is 6. The van der Waals surface area contributed by atoms with Crippen LogP contribution in [0.5, 0.6) is 0 Å². The Kier molecular flexibility index (Phi) is 5.30. The van der Waals surface area contributed by atoms with Crippen LogP contribution in [0.4, 0.5) is 0 Å². The van der Waals surface area contributed by atoms with E-state index >= 15 is 0 Å². The fraction of sp³-hybridized carbons (Fsp3) is 0.538. The van der Waals surface area contributed by atoms with E-state index in [1.165, 1.54) is 0 Å². The van der Waals surface area contributed by atoms with Crippen LogP contribution in [0.2, 0.25) is 0 Å². The molecular weight excluding hydrogens is 486 g/mol. The summed E-state index contributed by atoms with van der Waals surface area (Å²) in [6, 6.07) is 0. The summed E-state index contributed by atoms with van der Waals surface area (Å²) in [4.78, 5) is 71.6. The van der Waals surface area contributed by atoms with E-state index in [1.54, 1.807) is 0 Å². The third-order valence-electron chi connectivity index (χ3n) is 4.51. The molecule has 3 rings (SSSR count). The van der Waals surface area contributed by atoms with Crippen LogP contribution in [0, 0.1) is 0 Å². The van der Waals surface area contributed by atoms with Crippen LogP contribution >= 0.6 is 0 Å². The van der Waals surface area contributed by atoms with Crippen molar-refractivity contribution in [2.75, 3.05) is 0 Å². The van der Waals surface area contributed by atoms with Crippen LogP contribution in [0.25, 0.3) is 0 Å². The number of carbonyl (C=O) groups is 6. The van der Waals surface area contributed by atoms with Gasteiger partial charge in [-0.1, -0.05) is 0 Å². The van der Waals surface area contributed by atoms with Crippen LogP contribution < -0.4 is 0 Å². The SMILES string of the molecule is O=C1CCC(=O)N1S(=O)(=O)C(S(=O)(=O)N1C(=O)CCC1=O)S(=O)(=O)N1C(=O)CCC1=O. The Hall–Kier alpha value is -2.73. The average molecular weight is 499 g/mol. The molecule has 0 aromatic carbocycles. The van der Waals surface area contributed by atoms with Crippen molar-refractivity contribution in [2.45, 2.75) is 42.4 Å². The molecule has 3 aliphatic rings. The largest absolute Gasteiger partial charge is 0.320 e. The van der Waals surface area contributed by atoms with Gasteiger partial charge in [-0.15, -0.1) is 0 Å². The molecule has 0 spiro atoms. The van der Waals surface area contributed by atoms with Crippen molar-refractivity contribution in [1.82, 2.24) is 12.9 Å². The molecule has 6 amide bonds. The minimum absolute atomic E-state index is 0.594. The normalized spacial score (nSPS) is 21.4. The van der Waals surface area contributed by atoms with E-state index in [0.29, 0.717) is 0 Å². The van der Waals surface area contributed by atoms with Crippen LogP contribution in [0.15, 0.2) is 0 Å². The maximum Gasteiger partial charge on any atom is 0.320 e. The number of sulfonamides is 3. The Morgan fingerprint density at radius 2 is 0.581 bits per heavy atom. The smallest absolute Gasteiger partial charge is 0.273 e. The van der Waals surface area contributed by atoms with Gasteiger partial charge in [0, 0.05) is 38.5 Å². The molecule has 3 heterocycles. The fourth-order valence-electron chi connectivity index (χ4n) is 3.24. The van der Waals surface area contributed by atoms with Crippen LogP contribution in [0.1, 0.15) is 38.5 Å². The summed E-state index contributed by atoms with van der Waals surface area (Å²) < 4.78 is 72.4. The van der Waals surface area contributed by atoms with Gasteiger partial charge in [-0.25, -0.2) is 25.3 Å². The summed E-state index contributed by atoms with van der Waals surface area (Å²) in [7, 11) is -18.1. The molecule has 3 aliphatic heterocycles. The average Bonchev–Trinajstić information content (AvgIpc) is 3.24. The highest BCUT2D eigenvalue weighted by atomic mass is 32.3. The number of hydrogen-bond acceptors (Lipinski definition) is 12. The van der Waals surface area contributed by atoms with E-state index in [-0.39, 0.29) is 0 Å². The standard InChI is InChI=1S/C13H13N3O12S3/c17-7-1-2-8(18)14(7)29(23,24)13(30(25,26)15-9(19)3-4-10(15)20)31(27,28)16-11(21)5-6-12(16)22/h13H,1-6H2. The molecule has 0 aromatic heterocycles. The van der Waals surface area contributed by atoms with Crippen LogP contribution in [-0.4, -0.2) is 77.5 Å². The summed E-state index contributed by atoms with van der Waals surface area (Å²) in [5, 5.41) is 0. The second-order valence-electron chi connectivity index (χ2n) is 6.58. The lowest BCUT2D eigenvalue weighted by molar-refractivity contribution is -0.133. The summed E-state index contributed by atoms with van der Waals surface area (Å²) in [5.74, 6) is -8.76. The van der Waals surface area contributed by atoms with E-state index in [0.717, 1.165) is 0 Å². The van der Waals surface area contributed by atoms with Gasteiger partial charge in [-0.3, -0.25) is 28.8 Å². The zero-order valence-electron chi connectivity index (χ0n) is 15.3. The summed E-state index contributed by atoms with van der Waals surface area (Å²) in [6.45, 7) is 0. The molecule has 0 atom stereocenters. The second-order valence-corrected chi connectivity index (χ2v) is 13.1. The van der Waals surface area contributed by atoms with Gasteiger partial charge in [0.05, 0.1) is 0 Å². The molecule has 0 bridgehead atoms. The van der Waals surface area contributed by atoms with Crippen LogP contribution in [-0.2, 0) is 58.8 Å². The Labute approximate surface area is 175 Å². The molecule has 15 nitrogen and oxygen atoms in total. The van der Waals surface area contributed by atoms with Crippen molar-refractivity contribution in [3.8, 4) is 0 Å². The predicted octanol–water partition coefficient (Wildman–Crippen LogP) is -3.29. The summed E-state index contributed by atoms with van der Waals surface area (Å²) in [6.07, 6.45) is -4.12. The van der Waals surface area contributed by atoms with Gasteiger partial charge in [0.1, 0.15) is 0 Å². The van der Waals surface area contributed by atoms with Gasteiger partial charge < -0.3 is 0 Å². The number of nitrogens with zero attached hydrogens (tertiary/aromatic N) is 3. The minimum Gasteiger partial charge on any atom is -0.273 e. The Morgan fingerprint density at radius 3 is 0.742 bits per heavy atom.